The lowest BCUT2D eigenvalue weighted by molar-refractivity contribution is 0.277. The Morgan fingerprint density at radius 1 is 1.24 bits per heavy atom. The molecule has 0 spiro atoms. The minimum atomic E-state index is -3.45. The molecule has 0 aliphatic rings. The van der Waals surface area contributed by atoms with Crippen molar-refractivity contribution in [3.05, 3.63) is 17.0 Å². The Balaban J connectivity index is 3.12. The molecule has 1 heterocycles. The molecule has 6 heteroatoms. The van der Waals surface area contributed by atoms with Gasteiger partial charge in [0.1, 0.15) is 4.21 Å². The van der Waals surface area contributed by atoms with Crippen molar-refractivity contribution in [1.29, 1.82) is 0 Å². The van der Waals surface area contributed by atoms with Crippen molar-refractivity contribution in [1.82, 2.24) is 4.31 Å². The van der Waals surface area contributed by atoms with Crippen molar-refractivity contribution in [2.75, 3.05) is 13.2 Å². The average Bonchev–Trinajstić information content (AvgIpc) is 2.88. The number of rotatable bonds is 9. The van der Waals surface area contributed by atoms with E-state index in [0.717, 1.165) is 17.7 Å². The van der Waals surface area contributed by atoms with Gasteiger partial charge in [0.15, 0.2) is 0 Å². The van der Waals surface area contributed by atoms with Crippen LogP contribution in [0.3, 0.4) is 0 Å². The van der Waals surface area contributed by atoms with Gasteiger partial charge in [-0.05, 0) is 30.9 Å². The lowest BCUT2D eigenvalue weighted by Gasteiger charge is -2.30. The Hall–Kier alpha value is -0.430. The number of aliphatic hydroxyl groups is 1. The summed E-state index contributed by atoms with van der Waals surface area (Å²) in [5.74, 6) is 0.289. The van der Waals surface area contributed by atoms with Gasteiger partial charge >= 0.3 is 0 Å². The summed E-state index contributed by atoms with van der Waals surface area (Å²) in [6, 6.07) is 3.51. The second-order valence-electron chi connectivity index (χ2n) is 5.63. The lowest BCUT2D eigenvalue weighted by Crippen LogP contribution is -2.41. The summed E-state index contributed by atoms with van der Waals surface area (Å²) in [6.45, 7) is 8.72. The molecule has 0 radical (unpaired) electrons. The predicted octanol–water partition coefficient (Wildman–Crippen LogP) is 3.12. The van der Waals surface area contributed by atoms with E-state index >= 15 is 0 Å². The molecule has 1 rings (SSSR count). The highest BCUT2D eigenvalue weighted by molar-refractivity contribution is 7.91. The molecule has 0 saturated carbocycles. The summed E-state index contributed by atoms with van der Waals surface area (Å²) >= 11 is 1.27. The normalized spacial score (nSPS) is 12.8. The molecule has 1 N–H and O–H groups in total. The monoisotopic (exact) mass is 333 g/mol. The van der Waals surface area contributed by atoms with Crippen LogP contribution in [0.5, 0.6) is 0 Å². The van der Waals surface area contributed by atoms with Crippen LogP contribution in [0.1, 0.15) is 45.4 Å². The van der Waals surface area contributed by atoms with Gasteiger partial charge in [-0.15, -0.1) is 11.3 Å². The summed E-state index contributed by atoms with van der Waals surface area (Å²) in [6.07, 6.45) is 2.14. The maximum Gasteiger partial charge on any atom is 0.252 e. The molecule has 1 aromatic heterocycles. The van der Waals surface area contributed by atoms with Gasteiger partial charge in [0.25, 0.3) is 10.0 Å². The largest absolute Gasteiger partial charge is 0.396 e. The Bertz CT molecular complexity index is 519. The maximum atomic E-state index is 12.9. The molecule has 122 valence electrons. The van der Waals surface area contributed by atoms with Crippen LogP contribution in [0.4, 0.5) is 0 Å². The highest BCUT2D eigenvalue weighted by Crippen LogP contribution is 2.28. The maximum absolute atomic E-state index is 12.9. The summed E-state index contributed by atoms with van der Waals surface area (Å²) in [7, 11) is -3.45. The van der Waals surface area contributed by atoms with Crippen LogP contribution in [0.25, 0.3) is 0 Å². The van der Waals surface area contributed by atoms with Crippen molar-refractivity contribution < 1.29 is 13.5 Å². The topological polar surface area (TPSA) is 57.6 Å². The SMILES string of the molecule is CCC(CC)N(CC(C)C)S(=O)(=O)c1ccc(CCO)s1. The van der Waals surface area contributed by atoms with Gasteiger partial charge in [0.05, 0.1) is 0 Å². The molecule has 0 unspecified atom stereocenters. The number of hydrogen-bond acceptors (Lipinski definition) is 4. The van der Waals surface area contributed by atoms with Crippen LogP contribution in [-0.2, 0) is 16.4 Å². The van der Waals surface area contributed by atoms with E-state index in [1.807, 2.05) is 27.7 Å². The molecule has 1 aromatic rings. The number of aliphatic hydroxyl groups excluding tert-OH is 1. The molecule has 0 fully saturated rings. The molecule has 0 aliphatic heterocycles. The smallest absolute Gasteiger partial charge is 0.252 e. The number of nitrogens with zero attached hydrogens (tertiary/aromatic N) is 1. The number of hydrogen-bond donors (Lipinski definition) is 1. The first-order chi connectivity index (χ1) is 9.86. The number of sulfonamides is 1. The zero-order valence-corrected chi connectivity index (χ0v) is 15.0. The highest BCUT2D eigenvalue weighted by Gasteiger charge is 2.31. The van der Waals surface area contributed by atoms with Gasteiger partial charge < -0.3 is 5.11 Å². The Morgan fingerprint density at radius 2 is 1.86 bits per heavy atom. The van der Waals surface area contributed by atoms with E-state index in [-0.39, 0.29) is 18.6 Å². The fourth-order valence-corrected chi connectivity index (χ4v) is 5.77. The first kappa shape index (κ1) is 18.6. The molecule has 0 saturated heterocycles. The minimum Gasteiger partial charge on any atom is -0.396 e. The van der Waals surface area contributed by atoms with Gasteiger partial charge in [-0.25, -0.2) is 8.42 Å². The van der Waals surface area contributed by atoms with Crippen molar-refractivity contribution in [3.8, 4) is 0 Å². The van der Waals surface area contributed by atoms with Crippen LogP contribution in [0.2, 0.25) is 0 Å². The van der Waals surface area contributed by atoms with Crippen LogP contribution >= 0.6 is 11.3 Å². The van der Waals surface area contributed by atoms with Gasteiger partial charge in [0.2, 0.25) is 0 Å². The van der Waals surface area contributed by atoms with Crippen LogP contribution in [-0.4, -0.2) is 37.0 Å². The van der Waals surface area contributed by atoms with Crippen molar-refractivity contribution in [2.45, 2.75) is 57.2 Å². The summed E-state index contributed by atoms with van der Waals surface area (Å²) < 4.78 is 27.9. The Kier molecular flexibility index (Phi) is 7.33. The second-order valence-corrected chi connectivity index (χ2v) is 8.92. The van der Waals surface area contributed by atoms with E-state index in [9.17, 15) is 8.42 Å². The Labute approximate surface area is 132 Å². The lowest BCUT2D eigenvalue weighted by atomic mass is 10.1. The fraction of sp³-hybridized carbons (Fsp3) is 0.733. The van der Waals surface area contributed by atoms with Crippen molar-refractivity contribution in [3.63, 3.8) is 0 Å². The molecule has 0 aliphatic carbocycles. The molecule has 0 aromatic carbocycles. The summed E-state index contributed by atoms with van der Waals surface area (Å²) in [5, 5.41) is 8.97. The Morgan fingerprint density at radius 3 is 2.33 bits per heavy atom. The van der Waals surface area contributed by atoms with E-state index in [1.165, 1.54) is 11.3 Å². The fourth-order valence-electron chi connectivity index (χ4n) is 2.36. The minimum absolute atomic E-state index is 0.0424. The first-order valence-electron chi connectivity index (χ1n) is 7.58. The van der Waals surface area contributed by atoms with Crippen molar-refractivity contribution >= 4 is 21.4 Å². The molecular weight excluding hydrogens is 306 g/mol. The molecule has 0 bridgehead atoms. The van der Waals surface area contributed by atoms with Crippen LogP contribution < -0.4 is 0 Å². The molecule has 21 heavy (non-hydrogen) atoms. The highest BCUT2D eigenvalue weighted by atomic mass is 32.2. The standard InChI is InChI=1S/C15H27NO3S2/c1-5-13(6-2)16(11-12(3)4)21(18,19)15-8-7-14(20-15)9-10-17/h7-8,12-13,17H,5-6,9-11H2,1-4H3. The van der Waals surface area contributed by atoms with Crippen molar-refractivity contribution in [2.24, 2.45) is 5.92 Å². The number of thiophene rings is 1. The second kappa shape index (κ2) is 8.27. The zero-order valence-electron chi connectivity index (χ0n) is 13.4. The molecule has 0 amide bonds. The third kappa shape index (κ3) is 4.77. The van der Waals surface area contributed by atoms with E-state index in [4.69, 9.17) is 5.11 Å². The third-order valence-corrected chi connectivity index (χ3v) is 6.98. The third-order valence-electron chi connectivity index (χ3n) is 3.45. The quantitative estimate of drug-likeness (QED) is 0.755. The van der Waals surface area contributed by atoms with Crippen LogP contribution in [0, 0.1) is 5.92 Å². The van der Waals surface area contributed by atoms with E-state index in [1.54, 1.807) is 16.4 Å². The van der Waals surface area contributed by atoms with Gasteiger partial charge in [-0.1, -0.05) is 27.7 Å². The van der Waals surface area contributed by atoms with Gasteiger partial charge in [-0.2, -0.15) is 4.31 Å². The van der Waals surface area contributed by atoms with Crippen LogP contribution in [0.15, 0.2) is 16.3 Å². The predicted molar refractivity (Wildman–Crippen MR) is 88.2 cm³/mol. The molecular formula is C15H27NO3S2. The molecule has 4 nitrogen and oxygen atoms in total. The van der Waals surface area contributed by atoms with E-state index < -0.39 is 10.0 Å². The van der Waals surface area contributed by atoms with E-state index in [0.29, 0.717) is 17.2 Å². The summed E-state index contributed by atoms with van der Waals surface area (Å²) in [4.78, 5) is 0.908. The molecule has 0 atom stereocenters. The zero-order chi connectivity index (χ0) is 16.0. The first-order valence-corrected chi connectivity index (χ1v) is 9.83. The van der Waals surface area contributed by atoms with Gasteiger partial charge in [0, 0.05) is 30.5 Å². The van der Waals surface area contributed by atoms with Gasteiger partial charge in [-0.3, -0.25) is 0 Å². The average molecular weight is 334 g/mol. The van der Waals surface area contributed by atoms with E-state index in [2.05, 4.69) is 0 Å². The summed E-state index contributed by atoms with van der Waals surface area (Å²) in [5.41, 5.74) is 0.